The first-order chi connectivity index (χ1) is 49.4. The number of fused-ring (bicyclic) bond motifs is 2. The van der Waals surface area contributed by atoms with Crippen LogP contribution >= 0.6 is 0 Å². The number of carbonyl (C=O) groups is 12. The van der Waals surface area contributed by atoms with E-state index in [2.05, 4.69) is 37.2 Å². The minimum atomic E-state index is -1.60. The van der Waals surface area contributed by atoms with E-state index in [1.807, 2.05) is 20.8 Å². The molecular formula is C75H129N13O16. The lowest BCUT2D eigenvalue weighted by molar-refractivity contribution is -0.158. The molecule has 0 spiro atoms. The minimum absolute atomic E-state index is 0.0334. The van der Waals surface area contributed by atoms with Crippen LogP contribution in [0.4, 0.5) is 0 Å². The molecule has 0 aromatic rings. The maximum Gasteiger partial charge on any atom is 0.325 e. The number of amides is 10. The van der Waals surface area contributed by atoms with Crippen LogP contribution in [0.2, 0.25) is 0 Å². The molecule has 2 bridgehead atoms. The first-order valence-electron chi connectivity index (χ1n) is 39.1. The lowest BCUT2D eigenvalue weighted by Crippen LogP contribution is -2.62. The van der Waals surface area contributed by atoms with Crippen molar-refractivity contribution in [3.05, 3.63) is 0 Å². The Morgan fingerprint density at radius 3 is 2.03 bits per heavy atom. The third-order valence-electron chi connectivity index (χ3n) is 22.9. The van der Waals surface area contributed by atoms with Gasteiger partial charge in [-0.2, -0.15) is 0 Å². The van der Waals surface area contributed by atoms with Crippen LogP contribution in [0.5, 0.6) is 0 Å². The van der Waals surface area contributed by atoms with Gasteiger partial charge < -0.3 is 88.9 Å². The van der Waals surface area contributed by atoms with E-state index in [-0.39, 0.29) is 68.9 Å². The Morgan fingerprint density at radius 1 is 0.740 bits per heavy atom. The van der Waals surface area contributed by atoms with E-state index in [1.165, 1.54) is 30.2 Å². The van der Waals surface area contributed by atoms with Gasteiger partial charge in [-0.1, -0.05) is 113 Å². The van der Waals surface area contributed by atoms with Gasteiger partial charge in [0, 0.05) is 39.8 Å². The fraction of sp³-hybridized carbons (Fsp3) is 0.840. The number of nitrogens with two attached hydrogens (primary N) is 4. The Morgan fingerprint density at radius 2 is 1.42 bits per heavy atom. The average molecular weight is 1470 g/mol. The summed E-state index contributed by atoms with van der Waals surface area (Å²) in [4.78, 5) is 174. The first kappa shape index (κ1) is 86.4. The molecule has 1 aliphatic heterocycles. The van der Waals surface area contributed by atoms with Crippen molar-refractivity contribution in [1.29, 1.82) is 0 Å². The summed E-state index contributed by atoms with van der Waals surface area (Å²) in [6.07, 6.45) is 14.4. The molecule has 0 aromatic heterocycles. The molecule has 17 atom stereocenters. The molecule has 10 amide bonds. The summed E-state index contributed by atoms with van der Waals surface area (Å²) in [6.45, 7) is 12.0. The van der Waals surface area contributed by atoms with Gasteiger partial charge in [-0.3, -0.25) is 57.5 Å². The summed E-state index contributed by atoms with van der Waals surface area (Å²) < 4.78 is 24.5. The monoisotopic (exact) mass is 1470 g/mol. The predicted octanol–water partition coefficient (Wildman–Crippen LogP) is 2.78. The Bertz CT molecular complexity index is 2850. The number of carbonyl (C=O) groups excluding carboxylic acids is 12. The van der Waals surface area contributed by atoms with Crippen molar-refractivity contribution >= 4 is 71.0 Å². The molecule has 590 valence electrons. The molecule has 0 aromatic carbocycles. The number of esters is 2. The van der Waals surface area contributed by atoms with Crippen LogP contribution in [0.25, 0.3) is 0 Å². The summed E-state index contributed by atoms with van der Waals surface area (Å²) in [6, 6.07) is -8.97. The molecule has 1 saturated heterocycles. The highest BCUT2D eigenvalue weighted by Crippen LogP contribution is 2.50. The van der Waals surface area contributed by atoms with Crippen molar-refractivity contribution in [3.8, 4) is 0 Å². The van der Waals surface area contributed by atoms with E-state index < -0.39 is 175 Å². The van der Waals surface area contributed by atoms with Gasteiger partial charge in [0.05, 0.1) is 36.6 Å². The number of likely N-dealkylation sites (N-methyl/N-ethyl adjacent to an activating group) is 2. The molecule has 5 aliphatic carbocycles. The first-order valence-corrected chi connectivity index (χ1v) is 39.1. The maximum atomic E-state index is 15.3. The molecule has 29 nitrogen and oxygen atoms in total. The molecule has 15 N–H and O–H groups in total. The molecule has 6 rings (SSSR count). The van der Waals surface area contributed by atoms with Crippen LogP contribution in [0, 0.1) is 59.2 Å². The van der Waals surface area contributed by atoms with Crippen molar-refractivity contribution in [2.75, 3.05) is 53.5 Å². The Hall–Kier alpha value is -6.56. The van der Waals surface area contributed by atoms with Crippen molar-refractivity contribution in [2.24, 2.45) is 82.1 Å². The number of primary amides is 1. The second-order valence-electron chi connectivity index (χ2n) is 31.7. The highest BCUT2D eigenvalue weighted by Gasteiger charge is 2.45. The third kappa shape index (κ3) is 25.9. The summed E-state index contributed by atoms with van der Waals surface area (Å²) in [5.74, 6) is -10.9. The van der Waals surface area contributed by atoms with Crippen molar-refractivity contribution < 1.29 is 76.5 Å². The zero-order valence-electron chi connectivity index (χ0n) is 63.9. The fourth-order valence-electron chi connectivity index (χ4n) is 16.2. The maximum absolute atomic E-state index is 15.3. The fourth-order valence-corrected chi connectivity index (χ4v) is 16.2. The number of ether oxygens (including phenoxy) is 4. The van der Waals surface area contributed by atoms with Crippen LogP contribution in [-0.2, 0) is 76.5 Å². The number of hydrogen-bond acceptors (Lipinski definition) is 19. The van der Waals surface area contributed by atoms with Crippen LogP contribution < -0.4 is 60.2 Å². The molecule has 6 aliphatic rings. The summed E-state index contributed by atoms with van der Waals surface area (Å²) >= 11 is 0. The summed E-state index contributed by atoms with van der Waals surface area (Å²) in [5, 5.41) is 19.3. The highest BCUT2D eigenvalue weighted by molar-refractivity contribution is 5.97. The van der Waals surface area contributed by atoms with E-state index >= 15 is 9.59 Å². The SMILES string of the molecule is CCCCCC[C@@H](OC(=O)CNC(=O)[C@@H](C)COC1CC(N)C1)[C@@H](C)C(=O)N(C)[C@@H](CC(C)CO[C@@H](C)[C@@H]1NC(=O)[C@H](CN)NC(=O)[C@H](C2CCCCC2)NC(=O)[C@H](CC(C)C)N(C)C(=O)[C@H](C)[C@@H](CCC2CC3CCC2C3)OC(=O)CNC1=O)C(=O)N[C@H](C(=O)N[C@@H](CN)C(N)=O)C1CCCCC1. The van der Waals surface area contributed by atoms with E-state index in [9.17, 15) is 47.9 Å². The molecule has 29 heteroatoms. The van der Waals surface area contributed by atoms with E-state index in [0.717, 1.165) is 77.0 Å². The van der Waals surface area contributed by atoms with Gasteiger partial charge in [0.1, 0.15) is 67.6 Å². The number of rotatable bonds is 35. The molecule has 5 saturated carbocycles. The number of nitrogens with one attached hydrogen (secondary N) is 7. The van der Waals surface area contributed by atoms with Crippen molar-refractivity contribution in [2.45, 2.75) is 289 Å². The van der Waals surface area contributed by atoms with Crippen molar-refractivity contribution in [3.63, 3.8) is 0 Å². The molecular weight excluding hydrogens is 1340 g/mol. The van der Waals surface area contributed by atoms with Gasteiger partial charge in [-0.15, -0.1) is 0 Å². The quantitative estimate of drug-likeness (QED) is 0.0321. The van der Waals surface area contributed by atoms with Crippen molar-refractivity contribution in [1.82, 2.24) is 47.0 Å². The van der Waals surface area contributed by atoms with Crippen LogP contribution in [-0.4, -0.2) is 207 Å². The Kier molecular flexibility index (Phi) is 35.5. The zero-order chi connectivity index (χ0) is 76.5. The molecule has 6 fully saturated rings. The Balaban J connectivity index is 1.29. The second-order valence-corrected chi connectivity index (χ2v) is 31.7. The topological polar surface area (TPSA) is 437 Å². The summed E-state index contributed by atoms with van der Waals surface area (Å²) in [5.41, 5.74) is 23.7. The number of nitrogens with zero attached hydrogens (tertiary/aromatic N) is 2. The number of unbranched alkanes of at least 4 members (excludes halogenated alkanes) is 3. The normalized spacial score (nSPS) is 28.0. The van der Waals surface area contributed by atoms with Gasteiger partial charge in [0.25, 0.3) is 0 Å². The molecule has 0 radical (unpaired) electrons. The number of hydrogen-bond donors (Lipinski definition) is 11. The van der Waals surface area contributed by atoms with Crippen LogP contribution in [0.3, 0.4) is 0 Å². The second kappa shape index (κ2) is 42.7. The smallest absolute Gasteiger partial charge is 0.325 e. The minimum Gasteiger partial charge on any atom is -0.460 e. The van der Waals surface area contributed by atoms with E-state index in [4.69, 9.17) is 41.9 Å². The summed E-state index contributed by atoms with van der Waals surface area (Å²) in [7, 11) is 2.98. The predicted molar refractivity (Wildman–Crippen MR) is 389 cm³/mol. The zero-order valence-corrected chi connectivity index (χ0v) is 63.9. The molecule has 4 unspecified atom stereocenters. The van der Waals surface area contributed by atoms with E-state index in [1.54, 1.807) is 34.7 Å². The lowest BCUT2D eigenvalue weighted by atomic mass is 9.83. The largest absolute Gasteiger partial charge is 0.460 e. The van der Waals surface area contributed by atoms with Gasteiger partial charge >= 0.3 is 11.9 Å². The van der Waals surface area contributed by atoms with Gasteiger partial charge in [0.15, 0.2) is 0 Å². The van der Waals surface area contributed by atoms with Gasteiger partial charge in [-0.25, -0.2) is 0 Å². The van der Waals surface area contributed by atoms with Gasteiger partial charge in [0.2, 0.25) is 59.1 Å². The molecule has 1 heterocycles. The van der Waals surface area contributed by atoms with Gasteiger partial charge in [-0.05, 0) is 145 Å². The standard InChI is InChI=1S/C75H129N13O16/c1-11-12-13-20-25-59(103-61(89)38-80-67(92)44(5)41-102-54-34-53(78)35-54)45(6)74(99)88(10)58(70(95)86-64(49-21-16-14-17-22-49)72(97)82-55(36-76)66(79)91)31-43(4)40-101-47(8)63-71(96)81-39-62(90)104-60(29-28-52-33-48-26-27-51(52)32-48)46(7)75(100)87(9)57(30-42(2)3)69(94)85-65(50-23-18-15-19-24-50)73(98)83-56(37-77)68(93)84-63/h42-60,63-65H,11-41,76-78H2,1-10H3,(H2,79,91)(H,80,92)(H,81,96)(H,82,97)(H,83,98)(H,84,93)(H,85,94)(H,86,95)/t43?,44-,45+,46+,47-,48?,51?,52?,53?,54?,55-,56-,57-,58-,59+,60+,63-,64-,65-/m0/s1. The Labute approximate surface area is 616 Å². The lowest BCUT2D eigenvalue weighted by Gasteiger charge is -2.36. The van der Waals surface area contributed by atoms with Crippen LogP contribution in [0.1, 0.15) is 216 Å². The van der Waals surface area contributed by atoms with Crippen LogP contribution in [0.15, 0.2) is 0 Å². The molecule has 104 heavy (non-hydrogen) atoms. The third-order valence-corrected chi connectivity index (χ3v) is 22.9. The van der Waals surface area contributed by atoms with E-state index in [0.29, 0.717) is 75.5 Å². The average Bonchev–Trinajstić information content (AvgIpc) is 1.54. The number of cyclic esters (lactones) is 1. The highest BCUT2D eigenvalue weighted by atomic mass is 16.6.